The van der Waals surface area contributed by atoms with Gasteiger partial charge in [-0.3, -0.25) is 9.59 Å². The molecule has 0 saturated carbocycles. The summed E-state index contributed by atoms with van der Waals surface area (Å²) >= 11 is 0. The van der Waals surface area contributed by atoms with E-state index in [1.165, 1.54) is 12.1 Å². The topological polar surface area (TPSA) is 49.4 Å². The van der Waals surface area contributed by atoms with E-state index < -0.39 is 0 Å². The minimum absolute atomic E-state index is 0.0365. The average Bonchev–Trinajstić information content (AvgIpc) is 2.96. The minimum Gasteiger partial charge on any atom is -0.354 e. The number of benzene rings is 3. The summed E-state index contributed by atoms with van der Waals surface area (Å²) in [5, 5.41) is 2.93. The second kappa shape index (κ2) is 8.91. The number of hydrogen-bond donors (Lipinski definition) is 1. The van der Waals surface area contributed by atoms with Crippen LogP contribution in [0.4, 0.5) is 4.39 Å². The molecule has 0 unspecified atom stereocenters. The van der Waals surface area contributed by atoms with Crippen LogP contribution in [0.25, 0.3) is 11.1 Å². The lowest BCUT2D eigenvalue weighted by Gasteiger charge is -2.23. The largest absolute Gasteiger partial charge is 0.354 e. The van der Waals surface area contributed by atoms with Gasteiger partial charge in [0.2, 0.25) is 5.91 Å². The summed E-state index contributed by atoms with van der Waals surface area (Å²) in [6, 6.07) is 23.4. The van der Waals surface area contributed by atoms with E-state index in [2.05, 4.69) is 5.32 Å². The summed E-state index contributed by atoms with van der Waals surface area (Å²) in [6.07, 6.45) is 0.527. The van der Waals surface area contributed by atoms with E-state index in [9.17, 15) is 14.0 Å². The molecule has 4 rings (SSSR count). The van der Waals surface area contributed by atoms with Crippen molar-refractivity contribution in [3.63, 3.8) is 0 Å². The van der Waals surface area contributed by atoms with E-state index in [0.717, 1.165) is 16.7 Å². The maximum absolute atomic E-state index is 13.2. The van der Waals surface area contributed by atoms with Gasteiger partial charge in [-0.1, -0.05) is 54.6 Å². The lowest BCUT2D eigenvalue weighted by Crippen LogP contribution is -2.37. The smallest absolute Gasteiger partial charge is 0.253 e. The molecule has 0 radical (unpaired) electrons. The van der Waals surface area contributed by atoms with Crippen LogP contribution in [0.1, 0.15) is 15.9 Å². The lowest BCUT2D eigenvalue weighted by molar-refractivity contribution is -0.124. The second-order valence-electron chi connectivity index (χ2n) is 7.52. The van der Waals surface area contributed by atoms with Crippen LogP contribution in [-0.4, -0.2) is 36.3 Å². The van der Waals surface area contributed by atoms with E-state index in [0.29, 0.717) is 31.6 Å². The number of carbonyl (C=O) groups excluding carboxylic acids is 2. The van der Waals surface area contributed by atoms with Gasteiger partial charge in [-0.15, -0.1) is 0 Å². The van der Waals surface area contributed by atoms with Gasteiger partial charge in [0.05, 0.1) is 5.92 Å². The van der Waals surface area contributed by atoms with Crippen LogP contribution < -0.4 is 5.32 Å². The fraction of sp³-hybridized carbons (Fsp3) is 0.200. The highest BCUT2D eigenvalue weighted by Gasteiger charge is 2.28. The van der Waals surface area contributed by atoms with Crippen LogP contribution in [0, 0.1) is 11.7 Å². The van der Waals surface area contributed by atoms with Crippen molar-refractivity contribution >= 4 is 11.8 Å². The first-order chi connectivity index (χ1) is 14.6. The third kappa shape index (κ3) is 4.57. The van der Waals surface area contributed by atoms with Crippen LogP contribution in [0.3, 0.4) is 0 Å². The van der Waals surface area contributed by atoms with Gasteiger partial charge >= 0.3 is 0 Å². The quantitative estimate of drug-likeness (QED) is 0.719. The predicted octanol–water partition coefficient (Wildman–Crippen LogP) is 3.92. The Morgan fingerprint density at radius 3 is 2.50 bits per heavy atom. The Bertz CT molecular complexity index is 1030. The molecule has 1 atom stereocenters. The third-order valence-corrected chi connectivity index (χ3v) is 5.39. The molecular weight excluding hydrogens is 379 g/mol. The number of halogens is 1. The zero-order valence-corrected chi connectivity index (χ0v) is 16.6. The van der Waals surface area contributed by atoms with Gasteiger partial charge in [-0.05, 0) is 47.4 Å². The zero-order chi connectivity index (χ0) is 20.9. The SMILES string of the molecule is O=C1NCCN(C(=O)c2ccccc2)C[C@@H]1Cc1cccc(-c2ccc(F)cc2)c1. The highest BCUT2D eigenvalue weighted by atomic mass is 19.1. The molecule has 152 valence electrons. The molecular formula is C25H23FN2O2. The summed E-state index contributed by atoms with van der Waals surface area (Å²) in [7, 11) is 0. The summed E-state index contributed by atoms with van der Waals surface area (Å²) in [5.74, 6) is -0.695. The van der Waals surface area contributed by atoms with Gasteiger partial charge in [0.15, 0.2) is 0 Å². The molecule has 3 aromatic carbocycles. The molecule has 30 heavy (non-hydrogen) atoms. The summed E-state index contributed by atoms with van der Waals surface area (Å²) < 4.78 is 13.2. The monoisotopic (exact) mass is 402 g/mol. The van der Waals surface area contributed by atoms with Crippen LogP contribution >= 0.6 is 0 Å². The Morgan fingerprint density at radius 1 is 0.967 bits per heavy atom. The zero-order valence-electron chi connectivity index (χ0n) is 16.6. The van der Waals surface area contributed by atoms with Crippen molar-refractivity contribution in [1.82, 2.24) is 10.2 Å². The molecule has 3 aromatic rings. The molecule has 1 aliphatic rings. The molecule has 0 aliphatic carbocycles. The van der Waals surface area contributed by atoms with Crippen molar-refractivity contribution in [2.75, 3.05) is 19.6 Å². The van der Waals surface area contributed by atoms with Crippen LogP contribution in [-0.2, 0) is 11.2 Å². The first-order valence-electron chi connectivity index (χ1n) is 10.1. The lowest BCUT2D eigenvalue weighted by atomic mass is 9.95. The van der Waals surface area contributed by atoms with Crippen molar-refractivity contribution in [3.05, 3.63) is 95.8 Å². The maximum Gasteiger partial charge on any atom is 0.253 e. The Labute approximate surface area is 175 Å². The highest BCUT2D eigenvalue weighted by Crippen LogP contribution is 2.23. The van der Waals surface area contributed by atoms with Gasteiger partial charge in [0, 0.05) is 25.2 Å². The predicted molar refractivity (Wildman–Crippen MR) is 114 cm³/mol. The standard InChI is InChI=1S/C25H23FN2O2/c26-23-11-9-19(10-12-23)21-8-4-5-18(15-21)16-22-17-28(14-13-27-24(22)29)25(30)20-6-2-1-3-7-20/h1-12,15,22H,13-14,16-17H2,(H,27,29)/t22-/m0/s1. The van der Waals surface area contributed by atoms with Gasteiger partial charge in [-0.25, -0.2) is 4.39 Å². The van der Waals surface area contributed by atoms with Gasteiger partial charge in [-0.2, -0.15) is 0 Å². The van der Waals surface area contributed by atoms with E-state index in [1.54, 1.807) is 29.2 Å². The van der Waals surface area contributed by atoms with Gasteiger partial charge in [0.1, 0.15) is 5.82 Å². The summed E-state index contributed by atoms with van der Waals surface area (Å²) in [6.45, 7) is 1.31. The number of hydrogen-bond acceptors (Lipinski definition) is 2. The molecule has 5 heteroatoms. The molecule has 2 amide bonds. The van der Waals surface area contributed by atoms with Crippen molar-refractivity contribution in [2.24, 2.45) is 5.92 Å². The normalized spacial score (nSPS) is 16.6. The van der Waals surface area contributed by atoms with Crippen molar-refractivity contribution in [2.45, 2.75) is 6.42 Å². The Kier molecular flexibility index (Phi) is 5.89. The van der Waals surface area contributed by atoms with E-state index in [-0.39, 0.29) is 23.5 Å². The van der Waals surface area contributed by atoms with E-state index in [1.807, 2.05) is 42.5 Å². The van der Waals surface area contributed by atoms with Crippen LogP contribution in [0.15, 0.2) is 78.9 Å². The molecule has 1 fully saturated rings. The van der Waals surface area contributed by atoms with Gasteiger partial charge < -0.3 is 10.2 Å². The van der Waals surface area contributed by atoms with E-state index >= 15 is 0 Å². The van der Waals surface area contributed by atoms with Crippen LogP contribution in [0.5, 0.6) is 0 Å². The molecule has 1 saturated heterocycles. The minimum atomic E-state index is -0.330. The fourth-order valence-corrected chi connectivity index (χ4v) is 3.81. The Hall–Kier alpha value is -3.47. The van der Waals surface area contributed by atoms with Crippen molar-refractivity contribution in [1.29, 1.82) is 0 Å². The third-order valence-electron chi connectivity index (χ3n) is 5.39. The second-order valence-corrected chi connectivity index (χ2v) is 7.52. The first-order valence-corrected chi connectivity index (χ1v) is 10.1. The maximum atomic E-state index is 13.2. The number of amides is 2. The first kappa shape index (κ1) is 19.8. The van der Waals surface area contributed by atoms with E-state index in [4.69, 9.17) is 0 Å². The Morgan fingerprint density at radius 2 is 1.73 bits per heavy atom. The van der Waals surface area contributed by atoms with Crippen molar-refractivity contribution < 1.29 is 14.0 Å². The number of rotatable bonds is 4. The summed E-state index contributed by atoms with van der Waals surface area (Å²) in [4.78, 5) is 27.3. The molecule has 0 bridgehead atoms. The van der Waals surface area contributed by atoms with Crippen LogP contribution in [0.2, 0.25) is 0 Å². The van der Waals surface area contributed by atoms with Crippen molar-refractivity contribution in [3.8, 4) is 11.1 Å². The molecule has 1 heterocycles. The average molecular weight is 402 g/mol. The molecule has 0 aromatic heterocycles. The van der Waals surface area contributed by atoms with Gasteiger partial charge in [0.25, 0.3) is 5.91 Å². The summed E-state index contributed by atoms with van der Waals surface area (Å²) in [5.41, 5.74) is 3.53. The highest BCUT2D eigenvalue weighted by molar-refractivity contribution is 5.94. The molecule has 4 nitrogen and oxygen atoms in total. The molecule has 0 spiro atoms. The molecule has 1 aliphatic heterocycles. The Balaban J connectivity index is 1.52. The number of carbonyl (C=O) groups is 2. The fourth-order valence-electron chi connectivity index (χ4n) is 3.81. The number of nitrogens with zero attached hydrogens (tertiary/aromatic N) is 1. The number of nitrogens with one attached hydrogen (secondary N) is 1. The molecule has 1 N–H and O–H groups in total.